The van der Waals surface area contributed by atoms with Crippen LogP contribution in [0.5, 0.6) is 34.5 Å². The number of benzene rings is 3. The summed E-state index contributed by atoms with van der Waals surface area (Å²) in [6.45, 7) is 0. The van der Waals surface area contributed by atoms with Gasteiger partial charge in [0.1, 0.15) is 12.2 Å². The lowest BCUT2D eigenvalue weighted by Crippen LogP contribution is -2.30. The van der Waals surface area contributed by atoms with Crippen LogP contribution in [-0.2, 0) is 9.53 Å². The van der Waals surface area contributed by atoms with Crippen LogP contribution in [-0.4, -0.2) is 87.6 Å². The number of nitrogens with one attached hydrogen (secondary N) is 3. The number of carbonyl (C=O) groups is 1. The number of aliphatic hydroxyl groups excluding tert-OH is 2. The van der Waals surface area contributed by atoms with Crippen LogP contribution in [0, 0.1) is 0 Å². The Bertz CT molecular complexity index is 2920. The molecule has 2 atom stereocenters. The van der Waals surface area contributed by atoms with E-state index in [0.29, 0.717) is 57.9 Å². The van der Waals surface area contributed by atoms with Gasteiger partial charge in [0, 0.05) is 56.5 Å². The van der Waals surface area contributed by atoms with Crippen molar-refractivity contribution in [3.05, 3.63) is 165 Å². The molecular weight excluding hydrogens is 793 g/mol. The van der Waals surface area contributed by atoms with Gasteiger partial charge in [0.15, 0.2) is 40.3 Å². The number of phenolic OH excluding ortho intramolecular Hbond substituents is 3. The third kappa shape index (κ3) is 6.71. The summed E-state index contributed by atoms with van der Waals surface area (Å²) in [5.74, 6) is 0.313. The Kier molecular flexibility index (Phi) is 10.1. The lowest BCUT2D eigenvalue weighted by molar-refractivity contribution is -0.114. The number of nitrogens with zero attached hydrogens (tertiary/aromatic N) is 1. The van der Waals surface area contributed by atoms with Gasteiger partial charge < -0.3 is 59.8 Å². The predicted molar refractivity (Wildman–Crippen MR) is 232 cm³/mol. The number of fused-ring (bicyclic) bond motifs is 7. The molecule has 8 bridgehead atoms. The summed E-state index contributed by atoms with van der Waals surface area (Å²) in [7, 11) is 5.80. The van der Waals surface area contributed by atoms with Crippen LogP contribution >= 0.6 is 0 Å². The maximum Gasteiger partial charge on any atom is 0.220 e. The molecule has 5 aromatic rings. The zero-order valence-electron chi connectivity index (χ0n) is 34.0. The van der Waals surface area contributed by atoms with Gasteiger partial charge in [-0.2, -0.15) is 0 Å². The fraction of sp³-hybridized carbons (Fsp3) is 0.167. The van der Waals surface area contributed by atoms with Gasteiger partial charge in [0.2, 0.25) is 5.78 Å². The van der Waals surface area contributed by atoms with Gasteiger partial charge in [-0.15, -0.1) is 0 Å². The zero-order valence-corrected chi connectivity index (χ0v) is 34.0. The van der Waals surface area contributed by atoms with Crippen LogP contribution in [0.3, 0.4) is 0 Å². The molecule has 0 spiro atoms. The van der Waals surface area contributed by atoms with E-state index in [9.17, 15) is 30.3 Å². The second kappa shape index (κ2) is 15.7. The van der Waals surface area contributed by atoms with E-state index in [1.807, 2.05) is 24.3 Å². The van der Waals surface area contributed by atoms with Crippen molar-refractivity contribution < 1.29 is 49.3 Å². The van der Waals surface area contributed by atoms with E-state index < -0.39 is 12.2 Å². The number of aromatic hydroxyl groups is 3. The summed E-state index contributed by atoms with van der Waals surface area (Å²) in [6, 6.07) is 22.5. The smallest absolute Gasteiger partial charge is 0.220 e. The Labute approximate surface area is 355 Å². The summed E-state index contributed by atoms with van der Waals surface area (Å²) in [6.07, 6.45) is 2.59. The summed E-state index contributed by atoms with van der Waals surface area (Å²) < 4.78 is 22.1. The average Bonchev–Trinajstić information content (AvgIpc) is 4.11. The molecule has 2 aromatic heterocycles. The summed E-state index contributed by atoms with van der Waals surface area (Å²) in [5.41, 5.74) is 9.04. The Balaban J connectivity index is 1.39. The second-order valence-electron chi connectivity index (χ2n) is 15.0. The molecule has 62 heavy (non-hydrogen) atoms. The number of ether oxygens (including phenoxy) is 4. The van der Waals surface area contributed by atoms with Gasteiger partial charge in [-0.25, -0.2) is 0 Å². The van der Waals surface area contributed by atoms with E-state index in [2.05, 4.69) is 15.3 Å². The minimum absolute atomic E-state index is 0.0253. The third-order valence-electron chi connectivity index (χ3n) is 11.4. The van der Waals surface area contributed by atoms with Crippen molar-refractivity contribution in [1.29, 1.82) is 0 Å². The molecule has 3 aromatic carbocycles. The Morgan fingerprint density at radius 1 is 0.565 bits per heavy atom. The molecule has 1 saturated heterocycles. The van der Waals surface area contributed by atoms with Crippen molar-refractivity contribution in [2.24, 2.45) is 4.99 Å². The summed E-state index contributed by atoms with van der Waals surface area (Å²) >= 11 is 0. The first-order valence-corrected chi connectivity index (χ1v) is 19.7. The van der Waals surface area contributed by atoms with E-state index in [1.165, 1.54) is 40.6 Å². The monoisotopic (exact) mass is 834 g/mol. The second-order valence-corrected chi connectivity index (χ2v) is 15.0. The number of aromatic amines is 2. The highest BCUT2D eigenvalue weighted by molar-refractivity contribution is 6.29. The van der Waals surface area contributed by atoms with Crippen LogP contribution in [0.2, 0.25) is 0 Å². The fourth-order valence-electron chi connectivity index (χ4n) is 8.46. The maximum absolute atomic E-state index is 12.8. The Morgan fingerprint density at radius 2 is 1.02 bits per heavy atom. The highest BCUT2D eigenvalue weighted by Crippen LogP contribution is 2.44. The van der Waals surface area contributed by atoms with Crippen molar-refractivity contribution in [1.82, 2.24) is 15.3 Å². The molecule has 14 nitrogen and oxygen atoms in total. The molecule has 3 aliphatic heterocycles. The number of H-pyrrole nitrogens is 2. The molecule has 14 heteroatoms. The molecule has 9 rings (SSSR count). The average molecular weight is 835 g/mol. The standard InChI is InChI=1S/C48H42N4O10/c1-59-37-19-23(5-15-33(37)53)41-27-9-10-28(49-27)42(24-6-16-34(54)38(20-24)60-2)30-12-14-32(51-30)44(26-8-18-36(56)40(22-26)62-4)46-48(58)47(57)45(52-46)43(31-13-11-29(41)50-31)25-7-17-35(55)39(21-25)61-3/h5-8,11-22,47-51,53-55,57-58H,9-10H2,1-4H3/b41-27-,42-28-,44-26-,45-43-/t47-,48+/m1/s1. The normalized spacial score (nSPS) is 23.2. The van der Waals surface area contributed by atoms with Crippen molar-refractivity contribution >= 4 is 33.8 Å². The van der Waals surface area contributed by atoms with Crippen LogP contribution in [0.4, 0.5) is 0 Å². The van der Waals surface area contributed by atoms with Gasteiger partial charge in [-0.05, 0) is 108 Å². The van der Waals surface area contributed by atoms with Crippen LogP contribution in [0.25, 0.3) is 22.3 Å². The minimum Gasteiger partial charge on any atom is -0.504 e. The third-order valence-corrected chi connectivity index (χ3v) is 11.4. The van der Waals surface area contributed by atoms with Gasteiger partial charge >= 0.3 is 0 Å². The molecule has 5 heterocycles. The quantitative estimate of drug-likeness (QED) is 0.0892. The van der Waals surface area contributed by atoms with Crippen molar-refractivity contribution in [3.8, 4) is 34.5 Å². The van der Waals surface area contributed by atoms with Crippen LogP contribution in [0.15, 0.2) is 131 Å². The molecule has 1 aliphatic carbocycles. The first kappa shape index (κ1) is 39.8. The molecule has 8 N–H and O–H groups in total. The molecule has 4 aliphatic rings. The fourth-order valence-corrected chi connectivity index (χ4v) is 8.46. The lowest BCUT2D eigenvalue weighted by atomic mass is 9.92. The highest BCUT2D eigenvalue weighted by atomic mass is 16.5. The van der Waals surface area contributed by atoms with Crippen LogP contribution in [0.1, 0.15) is 52.3 Å². The molecule has 0 radical (unpaired) electrons. The number of aliphatic hydroxyl groups is 2. The van der Waals surface area contributed by atoms with E-state index in [-0.39, 0.29) is 57.4 Å². The van der Waals surface area contributed by atoms with Gasteiger partial charge in [-0.3, -0.25) is 9.79 Å². The summed E-state index contributed by atoms with van der Waals surface area (Å²) in [4.78, 5) is 25.0. The number of carbonyl (C=O) groups excluding carboxylic acids is 1. The number of phenols is 3. The number of aliphatic imine (C=N–C) groups is 1. The first-order chi connectivity index (χ1) is 30.0. The Morgan fingerprint density at radius 3 is 1.48 bits per heavy atom. The number of rotatable bonds is 7. The predicted octanol–water partition coefficient (Wildman–Crippen LogP) is 6.46. The Hall–Kier alpha value is -7.68. The number of hydrogen-bond acceptors (Lipinski definition) is 12. The maximum atomic E-state index is 12.8. The number of hydrogen-bond donors (Lipinski definition) is 8. The van der Waals surface area contributed by atoms with Crippen LogP contribution < -0.4 is 19.5 Å². The van der Waals surface area contributed by atoms with E-state index in [1.54, 1.807) is 60.7 Å². The number of methoxy groups -OCH3 is 4. The first-order valence-electron chi connectivity index (χ1n) is 19.7. The number of allylic oxidation sites excluding steroid dienone is 6. The van der Waals surface area contributed by atoms with E-state index >= 15 is 0 Å². The topological polar surface area (TPSA) is 211 Å². The molecule has 0 unspecified atom stereocenters. The molecule has 1 fully saturated rings. The highest BCUT2D eigenvalue weighted by Gasteiger charge is 2.39. The SMILES string of the molecule is COC1=C/C(=C2C3=N/C(=C(/c4ccc(O)c(OC)c4)c4ccc([nH]4)/C(c4ccc(O)c(OC)c4)=C4/CC/C(=C(\c5ccc(O)c(OC)c5)c5ccc\2[nH]5)N4)[C@@H](O)[C@H]3O)C=CC1=O. The van der Waals surface area contributed by atoms with Gasteiger partial charge in [0.05, 0.1) is 39.8 Å². The van der Waals surface area contributed by atoms with E-state index in [4.69, 9.17) is 23.9 Å². The number of aromatic nitrogens is 2. The molecular formula is C48H42N4O10. The van der Waals surface area contributed by atoms with E-state index in [0.717, 1.165) is 33.7 Å². The van der Waals surface area contributed by atoms with Gasteiger partial charge in [-0.1, -0.05) is 24.3 Å². The molecule has 314 valence electrons. The minimum atomic E-state index is -1.55. The van der Waals surface area contributed by atoms with Crippen molar-refractivity contribution in [2.75, 3.05) is 28.4 Å². The molecule has 0 amide bonds. The number of ketones is 1. The van der Waals surface area contributed by atoms with Gasteiger partial charge in [0.25, 0.3) is 0 Å². The summed E-state index contributed by atoms with van der Waals surface area (Å²) in [5, 5.41) is 59.9. The van der Waals surface area contributed by atoms with Crippen molar-refractivity contribution in [3.63, 3.8) is 0 Å². The lowest BCUT2D eigenvalue weighted by Gasteiger charge is -2.18. The zero-order chi connectivity index (χ0) is 43.4. The van der Waals surface area contributed by atoms with Crippen molar-refractivity contribution in [2.45, 2.75) is 25.0 Å². The largest absolute Gasteiger partial charge is 0.504 e. The molecule has 0 saturated carbocycles.